The Hall–Kier alpha value is -1.26. The van der Waals surface area contributed by atoms with Crippen molar-refractivity contribution in [2.24, 2.45) is 0 Å². The van der Waals surface area contributed by atoms with Crippen molar-refractivity contribution in [3.63, 3.8) is 0 Å². The van der Waals surface area contributed by atoms with Crippen LogP contribution in [0.2, 0.25) is 0 Å². The fourth-order valence-electron chi connectivity index (χ4n) is 1.52. The summed E-state index contributed by atoms with van der Waals surface area (Å²) in [5.74, 6) is -0.960. The van der Waals surface area contributed by atoms with Crippen molar-refractivity contribution >= 4 is 12.0 Å². The van der Waals surface area contributed by atoms with Gasteiger partial charge >= 0.3 is 12.0 Å². The smallest absolute Gasteiger partial charge is 0.323 e. The standard InChI is InChI=1S/C8H14N2O3/c1-2-3-6-4-9-8(13)10(6)5-7(11)12/h6H,2-5H2,1H3,(H,9,13)(H,11,12). The van der Waals surface area contributed by atoms with E-state index in [1.165, 1.54) is 4.90 Å². The third-order valence-corrected chi connectivity index (χ3v) is 2.12. The molecule has 1 atom stereocenters. The van der Waals surface area contributed by atoms with E-state index in [4.69, 9.17) is 5.11 Å². The molecule has 1 unspecified atom stereocenters. The molecule has 13 heavy (non-hydrogen) atoms. The van der Waals surface area contributed by atoms with Crippen LogP contribution in [0.1, 0.15) is 19.8 Å². The minimum Gasteiger partial charge on any atom is -0.480 e. The maximum absolute atomic E-state index is 11.1. The van der Waals surface area contributed by atoms with Gasteiger partial charge in [-0.2, -0.15) is 0 Å². The van der Waals surface area contributed by atoms with E-state index in [0.29, 0.717) is 6.54 Å². The van der Waals surface area contributed by atoms with Crippen molar-refractivity contribution < 1.29 is 14.7 Å². The monoisotopic (exact) mass is 186 g/mol. The van der Waals surface area contributed by atoms with E-state index >= 15 is 0 Å². The fourth-order valence-corrected chi connectivity index (χ4v) is 1.52. The molecule has 0 aromatic rings. The van der Waals surface area contributed by atoms with Gasteiger partial charge in [0.15, 0.2) is 0 Å². The molecule has 1 saturated heterocycles. The van der Waals surface area contributed by atoms with Gasteiger partial charge in [-0.05, 0) is 6.42 Å². The number of amides is 2. The van der Waals surface area contributed by atoms with Crippen LogP contribution in [-0.4, -0.2) is 41.1 Å². The second-order valence-corrected chi connectivity index (χ2v) is 3.15. The Labute approximate surface area is 76.7 Å². The molecule has 2 amide bonds. The number of carboxylic acid groups (broad SMARTS) is 1. The lowest BCUT2D eigenvalue weighted by Crippen LogP contribution is -2.38. The number of hydrogen-bond acceptors (Lipinski definition) is 2. The molecule has 5 nitrogen and oxygen atoms in total. The van der Waals surface area contributed by atoms with Crippen LogP contribution in [0.4, 0.5) is 4.79 Å². The van der Waals surface area contributed by atoms with E-state index in [1.54, 1.807) is 0 Å². The highest BCUT2D eigenvalue weighted by Gasteiger charge is 2.30. The third kappa shape index (κ3) is 2.34. The van der Waals surface area contributed by atoms with Gasteiger partial charge in [-0.3, -0.25) is 4.79 Å². The van der Waals surface area contributed by atoms with Crippen LogP contribution in [0.15, 0.2) is 0 Å². The van der Waals surface area contributed by atoms with Crippen molar-refractivity contribution in [2.75, 3.05) is 13.1 Å². The lowest BCUT2D eigenvalue weighted by Gasteiger charge is -2.20. The van der Waals surface area contributed by atoms with Crippen LogP contribution in [0.5, 0.6) is 0 Å². The van der Waals surface area contributed by atoms with Gasteiger partial charge in [-0.25, -0.2) is 4.79 Å². The molecule has 0 aliphatic carbocycles. The molecule has 0 saturated carbocycles. The second-order valence-electron chi connectivity index (χ2n) is 3.15. The molecule has 0 aromatic carbocycles. The molecule has 1 aliphatic heterocycles. The van der Waals surface area contributed by atoms with Gasteiger partial charge in [0.1, 0.15) is 6.54 Å². The average Bonchev–Trinajstić information content (AvgIpc) is 2.36. The molecular formula is C8H14N2O3. The first-order valence-corrected chi connectivity index (χ1v) is 4.41. The summed E-state index contributed by atoms with van der Waals surface area (Å²) in [4.78, 5) is 23.0. The highest BCUT2D eigenvalue weighted by molar-refractivity contribution is 5.82. The number of aliphatic carboxylic acids is 1. The van der Waals surface area contributed by atoms with E-state index in [-0.39, 0.29) is 18.6 Å². The molecule has 0 bridgehead atoms. The summed E-state index contributed by atoms with van der Waals surface area (Å²) in [5, 5.41) is 11.2. The SMILES string of the molecule is CCCC1CNC(=O)N1CC(=O)O. The molecule has 0 radical (unpaired) electrons. The summed E-state index contributed by atoms with van der Waals surface area (Å²) in [6.07, 6.45) is 1.81. The van der Waals surface area contributed by atoms with Crippen molar-refractivity contribution in [1.82, 2.24) is 10.2 Å². The number of carboxylic acids is 1. The summed E-state index contributed by atoms with van der Waals surface area (Å²) in [6, 6.07) is -0.213. The molecule has 1 aliphatic rings. The van der Waals surface area contributed by atoms with Crippen LogP contribution in [0.3, 0.4) is 0 Å². The predicted molar refractivity (Wildman–Crippen MR) is 46.4 cm³/mol. The van der Waals surface area contributed by atoms with E-state index in [9.17, 15) is 9.59 Å². The number of hydrogen-bond donors (Lipinski definition) is 2. The summed E-state index contributed by atoms with van der Waals surface area (Å²) >= 11 is 0. The van der Waals surface area contributed by atoms with Crippen LogP contribution < -0.4 is 5.32 Å². The van der Waals surface area contributed by atoms with Crippen molar-refractivity contribution in [3.8, 4) is 0 Å². The van der Waals surface area contributed by atoms with Crippen molar-refractivity contribution in [2.45, 2.75) is 25.8 Å². The highest BCUT2D eigenvalue weighted by Crippen LogP contribution is 2.11. The Morgan fingerprint density at radius 2 is 2.46 bits per heavy atom. The molecule has 5 heteroatoms. The number of carbonyl (C=O) groups is 2. The third-order valence-electron chi connectivity index (χ3n) is 2.12. The molecule has 1 fully saturated rings. The average molecular weight is 186 g/mol. The molecule has 74 valence electrons. The molecule has 1 rings (SSSR count). The maximum Gasteiger partial charge on any atom is 0.323 e. The van der Waals surface area contributed by atoms with Gasteiger partial charge < -0.3 is 15.3 Å². The van der Waals surface area contributed by atoms with E-state index in [2.05, 4.69) is 5.32 Å². The Morgan fingerprint density at radius 1 is 1.77 bits per heavy atom. The number of urea groups is 1. The zero-order chi connectivity index (χ0) is 9.84. The van der Waals surface area contributed by atoms with E-state index < -0.39 is 5.97 Å². The van der Waals surface area contributed by atoms with Crippen LogP contribution in [0.25, 0.3) is 0 Å². The lowest BCUT2D eigenvalue weighted by molar-refractivity contribution is -0.137. The molecular weight excluding hydrogens is 172 g/mol. The van der Waals surface area contributed by atoms with E-state index in [1.807, 2.05) is 6.92 Å². The van der Waals surface area contributed by atoms with Gasteiger partial charge in [-0.1, -0.05) is 13.3 Å². The first kappa shape index (κ1) is 9.83. The molecule has 2 N–H and O–H groups in total. The minimum absolute atomic E-state index is 0.0496. The Morgan fingerprint density at radius 3 is 3.00 bits per heavy atom. The van der Waals surface area contributed by atoms with Gasteiger partial charge in [0.25, 0.3) is 0 Å². The largest absolute Gasteiger partial charge is 0.480 e. The first-order valence-electron chi connectivity index (χ1n) is 4.41. The Balaban J connectivity index is 2.54. The Bertz CT molecular complexity index is 217. The minimum atomic E-state index is -0.960. The maximum atomic E-state index is 11.1. The van der Waals surface area contributed by atoms with Crippen LogP contribution >= 0.6 is 0 Å². The van der Waals surface area contributed by atoms with Gasteiger partial charge in [0.05, 0.1) is 6.04 Å². The molecule has 0 spiro atoms. The number of nitrogens with one attached hydrogen (secondary N) is 1. The topological polar surface area (TPSA) is 69.6 Å². The van der Waals surface area contributed by atoms with Crippen LogP contribution in [-0.2, 0) is 4.79 Å². The summed E-state index contributed by atoms with van der Waals surface area (Å²) in [7, 11) is 0. The number of carbonyl (C=O) groups excluding carboxylic acids is 1. The summed E-state index contributed by atoms with van der Waals surface area (Å²) in [6.45, 7) is 2.39. The summed E-state index contributed by atoms with van der Waals surface area (Å²) < 4.78 is 0. The summed E-state index contributed by atoms with van der Waals surface area (Å²) in [5.41, 5.74) is 0. The van der Waals surface area contributed by atoms with Gasteiger partial charge in [0.2, 0.25) is 0 Å². The zero-order valence-corrected chi connectivity index (χ0v) is 7.62. The second kappa shape index (κ2) is 4.11. The van der Waals surface area contributed by atoms with Crippen LogP contribution in [0, 0.1) is 0 Å². The normalized spacial score (nSPS) is 21.8. The number of nitrogens with zero attached hydrogens (tertiary/aromatic N) is 1. The van der Waals surface area contributed by atoms with Crippen molar-refractivity contribution in [1.29, 1.82) is 0 Å². The fraction of sp³-hybridized carbons (Fsp3) is 0.750. The first-order chi connectivity index (χ1) is 6.15. The zero-order valence-electron chi connectivity index (χ0n) is 7.62. The Kier molecular flexibility index (Phi) is 3.11. The number of rotatable bonds is 4. The highest BCUT2D eigenvalue weighted by atomic mass is 16.4. The lowest BCUT2D eigenvalue weighted by atomic mass is 10.1. The van der Waals surface area contributed by atoms with E-state index in [0.717, 1.165) is 12.8 Å². The van der Waals surface area contributed by atoms with Crippen molar-refractivity contribution in [3.05, 3.63) is 0 Å². The predicted octanol–water partition coefficient (Wildman–Crippen LogP) is 0.265. The quantitative estimate of drug-likeness (QED) is 0.661. The molecule has 1 heterocycles. The molecule has 0 aromatic heterocycles. The van der Waals surface area contributed by atoms with Gasteiger partial charge in [-0.15, -0.1) is 0 Å². The van der Waals surface area contributed by atoms with Gasteiger partial charge in [0, 0.05) is 6.54 Å².